The van der Waals surface area contributed by atoms with E-state index in [2.05, 4.69) is 48.7 Å². The molecule has 2 amide bonds. The van der Waals surface area contributed by atoms with Gasteiger partial charge in [0.1, 0.15) is 0 Å². The molecule has 0 unspecified atom stereocenters. The zero-order valence-electron chi connectivity index (χ0n) is 12.2. The molecule has 0 aromatic heterocycles. The maximum atomic E-state index is 11.5. The van der Waals surface area contributed by atoms with E-state index in [1.165, 1.54) is 24.0 Å². The first-order valence-corrected chi connectivity index (χ1v) is 7.35. The molecule has 1 rings (SSSR count). The standard InChI is InChI=1S/C16H26N2O/c1-3-5-6-12-17-16(19)18-13-11-15-9-7-14(4-2)8-10-15/h7-10H,3-6,11-13H2,1-2H3,(H2,17,18,19). The van der Waals surface area contributed by atoms with Crippen molar-refractivity contribution in [2.75, 3.05) is 13.1 Å². The molecule has 0 aliphatic carbocycles. The lowest BCUT2D eigenvalue weighted by atomic mass is 10.1. The predicted octanol–water partition coefficient (Wildman–Crippen LogP) is 3.28. The quantitative estimate of drug-likeness (QED) is 0.694. The van der Waals surface area contributed by atoms with Gasteiger partial charge in [0.15, 0.2) is 0 Å². The first kappa shape index (κ1) is 15.5. The number of hydrogen-bond donors (Lipinski definition) is 2. The van der Waals surface area contributed by atoms with E-state index in [9.17, 15) is 4.79 Å². The van der Waals surface area contributed by atoms with Crippen LogP contribution in [0.25, 0.3) is 0 Å². The Morgan fingerprint density at radius 2 is 1.58 bits per heavy atom. The molecule has 0 radical (unpaired) electrons. The van der Waals surface area contributed by atoms with Crippen LogP contribution < -0.4 is 10.6 Å². The number of rotatable bonds is 8. The highest BCUT2D eigenvalue weighted by molar-refractivity contribution is 5.73. The Morgan fingerprint density at radius 1 is 0.947 bits per heavy atom. The summed E-state index contributed by atoms with van der Waals surface area (Å²) >= 11 is 0. The molecule has 0 fully saturated rings. The predicted molar refractivity (Wildman–Crippen MR) is 80.5 cm³/mol. The van der Waals surface area contributed by atoms with E-state index in [1.807, 2.05) is 0 Å². The van der Waals surface area contributed by atoms with E-state index in [0.29, 0.717) is 6.54 Å². The van der Waals surface area contributed by atoms with Crippen molar-refractivity contribution >= 4 is 6.03 Å². The van der Waals surface area contributed by atoms with Crippen molar-refractivity contribution in [3.63, 3.8) is 0 Å². The summed E-state index contributed by atoms with van der Waals surface area (Å²) in [4.78, 5) is 11.5. The Balaban J connectivity index is 2.13. The first-order chi connectivity index (χ1) is 9.26. The normalized spacial score (nSPS) is 10.2. The minimum atomic E-state index is -0.0544. The van der Waals surface area contributed by atoms with E-state index >= 15 is 0 Å². The highest BCUT2D eigenvalue weighted by Gasteiger charge is 1.99. The highest BCUT2D eigenvalue weighted by Crippen LogP contribution is 2.05. The van der Waals surface area contributed by atoms with Crippen LogP contribution in [0.5, 0.6) is 0 Å². The van der Waals surface area contributed by atoms with E-state index in [-0.39, 0.29) is 6.03 Å². The van der Waals surface area contributed by atoms with Crippen molar-refractivity contribution in [1.29, 1.82) is 0 Å². The zero-order chi connectivity index (χ0) is 13.9. The van der Waals surface area contributed by atoms with Gasteiger partial charge in [-0.05, 0) is 30.4 Å². The lowest BCUT2D eigenvalue weighted by molar-refractivity contribution is 0.241. The Labute approximate surface area is 116 Å². The number of aryl methyl sites for hydroxylation is 1. The number of benzene rings is 1. The van der Waals surface area contributed by atoms with Gasteiger partial charge in [-0.3, -0.25) is 0 Å². The molecule has 19 heavy (non-hydrogen) atoms. The van der Waals surface area contributed by atoms with Gasteiger partial charge in [0.05, 0.1) is 0 Å². The molecule has 0 bridgehead atoms. The van der Waals surface area contributed by atoms with Gasteiger partial charge in [0, 0.05) is 13.1 Å². The fourth-order valence-electron chi connectivity index (χ4n) is 1.90. The molecule has 0 atom stereocenters. The molecule has 0 aliphatic heterocycles. The first-order valence-electron chi connectivity index (χ1n) is 7.35. The Morgan fingerprint density at radius 3 is 2.21 bits per heavy atom. The van der Waals surface area contributed by atoms with Crippen LogP contribution in [0.4, 0.5) is 4.79 Å². The molecule has 3 heteroatoms. The van der Waals surface area contributed by atoms with Crippen LogP contribution in [-0.4, -0.2) is 19.1 Å². The molecule has 0 saturated heterocycles. The van der Waals surface area contributed by atoms with Crippen molar-refractivity contribution in [3.05, 3.63) is 35.4 Å². The average molecular weight is 262 g/mol. The van der Waals surface area contributed by atoms with Gasteiger partial charge in [-0.15, -0.1) is 0 Å². The molecular formula is C16H26N2O. The summed E-state index contributed by atoms with van der Waals surface area (Å²) < 4.78 is 0. The molecule has 2 N–H and O–H groups in total. The van der Waals surface area contributed by atoms with Crippen LogP contribution >= 0.6 is 0 Å². The van der Waals surface area contributed by atoms with Crippen LogP contribution in [-0.2, 0) is 12.8 Å². The van der Waals surface area contributed by atoms with E-state index < -0.39 is 0 Å². The number of nitrogens with one attached hydrogen (secondary N) is 2. The second-order valence-electron chi connectivity index (χ2n) is 4.81. The maximum absolute atomic E-state index is 11.5. The fourth-order valence-corrected chi connectivity index (χ4v) is 1.90. The van der Waals surface area contributed by atoms with Crippen molar-refractivity contribution < 1.29 is 4.79 Å². The minimum absolute atomic E-state index is 0.0544. The molecular weight excluding hydrogens is 236 g/mol. The summed E-state index contributed by atoms with van der Waals surface area (Å²) in [6.07, 6.45) is 5.36. The lowest BCUT2D eigenvalue weighted by Crippen LogP contribution is -2.37. The molecule has 0 aliphatic rings. The summed E-state index contributed by atoms with van der Waals surface area (Å²) in [7, 11) is 0. The van der Waals surface area contributed by atoms with Crippen molar-refractivity contribution in [2.45, 2.75) is 46.0 Å². The molecule has 3 nitrogen and oxygen atoms in total. The van der Waals surface area contributed by atoms with Crippen molar-refractivity contribution in [1.82, 2.24) is 10.6 Å². The molecule has 1 aromatic carbocycles. The van der Waals surface area contributed by atoms with E-state index in [1.54, 1.807) is 0 Å². The second-order valence-corrected chi connectivity index (χ2v) is 4.81. The zero-order valence-corrected chi connectivity index (χ0v) is 12.2. The van der Waals surface area contributed by atoms with Crippen LogP contribution in [0.2, 0.25) is 0 Å². The van der Waals surface area contributed by atoms with E-state index in [4.69, 9.17) is 0 Å². The monoisotopic (exact) mass is 262 g/mol. The minimum Gasteiger partial charge on any atom is -0.338 e. The summed E-state index contributed by atoms with van der Waals surface area (Å²) in [5.41, 5.74) is 2.62. The SMILES string of the molecule is CCCCCNC(=O)NCCc1ccc(CC)cc1. The van der Waals surface area contributed by atoms with Crippen LogP contribution in [0, 0.1) is 0 Å². The number of unbranched alkanes of at least 4 members (excludes halogenated alkanes) is 2. The van der Waals surface area contributed by atoms with Gasteiger partial charge in [-0.25, -0.2) is 4.79 Å². The summed E-state index contributed by atoms with van der Waals surface area (Å²) in [6.45, 7) is 5.76. The number of urea groups is 1. The molecule has 0 spiro atoms. The van der Waals surface area contributed by atoms with Gasteiger partial charge < -0.3 is 10.6 Å². The molecule has 106 valence electrons. The molecule has 0 saturated carbocycles. The van der Waals surface area contributed by atoms with Crippen LogP contribution in [0.3, 0.4) is 0 Å². The van der Waals surface area contributed by atoms with Gasteiger partial charge in [0.2, 0.25) is 0 Å². The maximum Gasteiger partial charge on any atom is 0.314 e. The number of amides is 2. The van der Waals surface area contributed by atoms with Gasteiger partial charge in [0.25, 0.3) is 0 Å². The Kier molecular flexibility index (Phi) is 7.71. The largest absolute Gasteiger partial charge is 0.338 e. The van der Waals surface area contributed by atoms with Crippen molar-refractivity contribution in [2.24, 2.45) is 0 Å². The third kappa shape index (κ3) is 6.85. The van der Waals surface area contributed by atoms with E-state index in [0.717, 1.165) is 25.8 Å². The third-order valence-electron chi connectivity index (χ3n) is 3.20. The second kappa shape index (κ2) is 9.42. The summed E-state index contributed by atoms with van der Waals surface area (Å²) in [6, 6.07) is 8.53. The van der Waals surface area contributed by atoms with Gasteiger partial charge in [-0.1, -0.05) is 51.0 Å². The van der Waals surface area contributed by atoms with Crippen LogP contribution in [0.1, 0.15) is 44.2 Å². The average Bonchev–Trinajstić information content (AvgIpc) is 2.44. The topological polar surface area (TPSA) is 41.1 Å². The lowest BCUT2D eigenvalue weighted by Gasteiger charge is -2.07. The highest BCUT2D eigenvalue weighted by atomic mass is 16.2. The fraction of sp³-hybridized carbons (Fsp3) is 0.562. The summed E-state index contributed by atoms with van der Waals surface area (Å²) in [5, 5.41) is 5.76. The third-order valence-corrected chi connectivity index (χ3v) is 3.20. The molecule has 0 heterocycles. The van der Waals surface area contributed by atoms with Gasteiger partial charge in [-0.2, -0.15) is 0 Å². The Hall–Kier alpha value is -1.51. The Bertz CT molecular complexity index is 360. The van der Waals surface area contributed by atoms with Crippen molar-refractivity contribution in [3.8, 4) is 0 Å². The smallest absolute Gasteiger partial charge is 0.314 e. The number of hydrogen-bond acceptors (Lipinski definition) is 1. The number of carbonyl (C=O) groups excluding carboxylic acids is 1. The van der Waals surface area contributed by atoms with Gasteiger partial charge >= 0.3 is 6.03 Å². The summed E-state index contributed by atoms with van der Waals surface area (Å²) in [5.74, 6) is 0. The number of carbonyl (C=O) groups is 1. The van der Waals surface area contributed by atoms with Crippen LogP contribution in [0.15, 0.2) is 24.3 Å². The molecule has 1 aromatic rings.